The lowest BCUT2D eigenvalue weighted by atomic mass is 10.2. The third-order valence-corrected chi connectivity index (χ3v) is 3.98. The van der Waals surface area contributed by atoms with Crippen molar-refractivity contribution in [2.24, 2.45) is 4.99 Å². The highest BCUT2D eigenvalue weighted by atomic mass is 19.1. The second-order valence-corrected chi connectivity index (χ2v) is 6.00. The molecule has 0 atom stereocenters. The largest absolute Gasteiger partial charge is 0.375 e. The van der Waals surface area contributed by atoms with Crippen LogP contribution in [0.4, 0.5) is 10.1 Å². The van der Waals surface area contributed by atoms with Crippen molar-refractivity contribution in [3.05, 3.63) is 59.8 Å². The number of anilines is 1. The van der Waals surface area contributed by atoms with E-state index in [9.17, 15) is 4.39 Å². The Kier molecular flexibility index (Phi) is 5.31. The van der Waals surface area contributed by atoms with Crippen LogP contribution in [0.2, 0.25) is 0 Å². The molecular weight excluding hydrogens is 333 g/mol. The van der Waals surface area contributed by atoms with Crippen LogP contribution in [0.25, 0.3) is 5.65 Å². The minimum absolute atomic E-state index is 0.243. The Labute approximate surface area is 151 Å². The fraction of sp³-hybridized carbons (Fsp3) is 0.278. The average molecular weight is 355 g/mol. The molecule has 0 aliphatic rings. The molecule has 3 aromatic rings. The number of guanidine groups is 1. The monoisotopic (exact) mass is 355 g/mol. The topological polar surface area (TPSA) is 69.8 Å². The van der Waals surface area contributed by atoms with Crippen LogP contribution in [0.5, 0.6) is 0 Å². The van der Waals surface area contributed by atoms with Crippen LogP contribution in [-0.2, 0) is 13.1 Å². The molecule has 7 nitrogen and oxygen atoms in total. The number of hydrogen-bond acceptors (Lipinski definition) is 4. The maximum Gasteiger partial charge on any atom is 0.191 e. The molecule has 1 aromatic carbocycles. The first-order chi connectivity index (χ1) is 12.6. The van der Waals surface area contributed by atoms with Crippen molar-refractivity contribution < 1.29 is 4.39 Å². The fourth-order valence-electron chi connectivity index (χ4n) is 2.60. The molecule has 8 heteroatoms. The van der Waals surface area contributed by atoms with E-state index >= 15 is 0 Å². The number of hydrogen-bond donors (Lipinski definition) is 2. The molecule has 0 saturated heterocycles. The zero-order valence-corrected chi connectivity index (χ0v) is 15.1. The Hall–Kier alpha value is -3.16. The summed E-state index contributed by atoms with van der Waals surface area (Å²) in [6.07, 6.45) is 1.91. The van der Waals surface area contributed by atoms with Crippen LogP contribution < -0.4 is 15.5 Å². The van der Waals surface area contributed by atoms with Crippen molar-refractivity contribution in [3.8, 4) is 0 Å². The van der Waals surface area contributed by atoms with E-state index in [2.05, 4.69) is 25.8 Å². The minimum atomic E-state index is -0.243. The molecule has 0 unspecified atom stereocenters. The van der Waals surface area contributed by atoms with E-state index in [1.165, 1.54) is 6.07 Å². The van der Waals surface area contributed by atoms with Gasteiger partial charge in [0, 0.05) is 33.9 Å². The first kappa shape index (κ1) is 17.7. The highest BCUT2D eigenvalue weighted by molar-refractivity contribution is 5.79. The molecule has 2 N–H and O–H groups in total. The predicted octanol–water partition coefficient (Wildman–Crippen LogP) is 1.80. The van der Waals surface area contributed by atoms with Gasteiger partial charge in [-0.05, 0) is 29.8 Å². The first-order valence-electron chi connectivity index (χ1n) is 8.27. The number of rotatable bonds is 5. The van der Waals surface area contributed by atoms with E-state index in [4.69, 9.17) is 0 Å². The Morgan fingerprint density at radius 2 is 1.96 bits per heavy atom. The number of fused-ring (bicyclic) bond motifs is 1. The molecule has 26 heavy (non-hydrogen) atoms. The number of aliphatic imine (C=N–C) groups is 1. The lowest BCUT2D eigenvalue weighted by Crippen LogP contribution is -2.36. The summed E-state index contributed by atoms with van der Waals surface area (Å²) in [5, 5.41) is 14.7. The standard InChI is InChI=1S/C18H22FN7/c1-20-18(21-11-13-7-8-15(25(2)3)14(19)10-13)22-12-17-24-23-16-6-4-5-9-26(16)17/h4-10H,11-12H2,1-3H3,(H2,20,21,22). The normalized spacial score (nSPS) is 11.6. The molecule has 0 saturated carbocycles. The van der Waals surface area contributed by atoms with Crippen LogP contribution in [0, 0.1) is 5.82 Å². The Morgan fingerprint density at radius 3 is 2.69 bits per heavy atom. The minimum Gasteiger partial charge on any atom is -0.375 e. The number of benzene rings is 1. The number of aromatic nitrogens is 3. The average Bonchev–Trinajstić information content (AvgIpc) is 3.05. The highest BCUT2D eigenvalue weighted by Gasteiger charge is 2.07. The van der Waals surface area contributed by atoms with Gasteiger partial charge in [-0.25, -0.2) is 4.39 Å². The van der Waals surface area contributed by atoms with Crippen molar-refractivity contribution in [2.45, 2.75) is 13.1 Å². The van der Waals surface area contributed by atoms with Crippen molar-refractivity contribution >= 4 is 17.3 Å². The van der Waals surface area contributed by atoms with Crippen LogP contribution in [-0.4, -0.2) is 41.7 Å². The molecular formula is C18H22FN7. The van der Waals surface area contributed by atoms with Crippen molar-refractivity contribution in [1.29, 1.82) is 0 Å². The maximum absolute atomic E-state index is 14.1. The van der Waals surface area contributed by atoms with Crippen LogP contribution in [0.1, 0.15) is 11.4 Å². The van der Waals surface area contributed by atoms with E-state index < -0.39 is 0 Å². The van der Waals surface area contributed by atoms with Crippen molar-refractivity contribution in [2.75, 3.05) is 26.0 Å². The second-order valence-electron chi connectivity index (χ2n) is 6.00. The molecule has 0 aliphatic heterocycles. The van der Waals surface area contributed by atoms with Crippen LogP contribution in [0.15, 0.2) is 47.6 Å². The van der Waals surface area contributed by atoms with Crippen LogP contribution in [0.3, 0.4) is 0 Å². The van der Waals surface area contributed by atoms with Gasteiger partial charge >= 0.3 is 0 Å². The van der Waals surface area contributed by atoms with Gasteiger partial charge in [0.25, 0.3) is 0 Å². The number of pyridine rings is 1. The molecule has 136 valence electrons. The molecule has 0 bridgehead atoms. The summed E-state index contributed by atoms with van der Waals surface area (Å²) < 4.78 is 16.0. The van der Waals surface area contributed by atoms with E-state index in [0.717, 1.165) is 17.0 Å². The summed E-state index contributed by atoms with van der Waals surface area (Å²) >= 11 is 0. The van der Waals surface area contributed by atoms with Gasteiger partial charge in [-0.3, -0.25) is 9.39 Å². The number of nitrogens with zero attached hydrogens (tertiary/aromatic N) is 5. The van der Waals surface area contributed by atoms with E-state index in [1.54, 1.807) is 18.0 Å². The fourth-order valence-corrected chi connectivity index (χ4v) is 2.60. The molecule has 0 radical (unpaired) electrons. The summed E-state index contributed by atoms with van der Waals surface area (Å²) in [6, 6.07) is 10.9. The Morgan fingerprint density at radius 1 is 1.15 bits per heavy atom. The number of nitrogens with one attached hydrogen (secondary N) is 2. The highest BCUT2D eigenvalue weighted by Crippen LogP contribution is 2.18. The Bertz CT molecular complexity index is 917. The van der Waals surface area contributed by atoms with E-state index in [0.29, 0.717) is 24.7 Å². The molecule has 2 heterocycles. The molecule has 0 amide bonds. The Balaban J connectivity index is 1.59. The lowest BCUT2D eigenvalue weighted by Gasteiger charge is -2.15. The van der Waals surface area contributed by atoms with Gasteiger partial charge in [0.2, 0.25) is 0 Å². The van der Waals surface area contributed by atoms with Gasteiger partial charge in [0.15, 0.2) is 17.4 Å². The lowest BCUT2D eigenvalue weighted by molar-refractivity contribution is 0.623. The van der Waals surface area contributed by atoms with Gasteiger partial charge in [-0.2, -0.15) is 0 Å². The molecule has 0 spiro atoms. The van der Waals surface area contributed by atoms with Crippen LogP contribution >= 0.6 is 0 Å². The predicted molar refractivity (Wildman–Crippen MR) is 101 cm³/mol. The molecule has 0 aliphatic carbocycles. The van der Waals surface area contributed by atoms with Gasteiger partial charge in [0.1, 0.15) is 5.82 Å². The van der Waals surface area contributed by atoms with Gasteiger partial charge in [-0.1, -0.05) is 12.1 Å². The summed E-state index contributed by atoms with van der Waals surface area (Å²) in [6.45, 7) is 0.934. The summed E-state index contributed by atoms with van der Waals surface area (Å²) in [4.78, 5) is 5.93. The summed E-state index contributed by atoms with van der Waals surface area (Å²) in [5.41, 5.74) is 2.20. The quantitative estimate of drug-likeness (QED) is 0.540. The molecule has 0 fully saturated rings. The molecule has 3 rings (SSSR count). The SMILES string of the molecule is CN=C(NCc1ccc(N(C)C)c(F)c1)NCc1nnc2ccccn12. The van der Waals surface area contributed by atoms with Crippen molar-refractivity contribution in [3.63, 3.8) is 0 Å². The first-order valence-corrected chi connectivity index (χ1v) is 8.27. The molecule has 2 aromatic heterocycles. The second kappa shape index (κ2) is 7.81. The summed E-state index contributed by atoms with van der Waals surface area (Å²) in [5.74, 6) is 1.15. The van der Waals surface area contributed by atoms with E-state index in [1.807, 2.05) is 49.0 Å². The van der Waals surface area contributed by atoms with Gasteiger partial charge in [-0.15, -0.1) is 10.2 Å². The number of halogens is 1. The van der Waals surface area contributed by atoms with E-state index in [-0.39, 0.29) is 5.82 Å². The van der Waals surface area contributed by atoms with Gasteiger partial charge in [0.05, 0.1) is 12.2 Å². The summed E-state index contributed by atoms with van der Waals surface area (Å²) in [7, 11) is 5.32. The van der Waals surface area contributed by atoms with Gasteiger partial charge < -0.3 is 15.5 Å². The third-order valence-electron chi connectivity index (χ3n) is 3.98. The zero-order valence-electron chi connectivity index (χ0n) is 15.1. The third kappa shape index (κ3) is 3.90. The zero-order chi connectivity index (χ0) is 18.5. The van der Waals surface area contributed by atoms with Crippen molar-refractivity contribution in [1.82, 2.24) is 25.2 Å². The maximum atomic E-state index is 14.1. The smallest absolute Gasteiger partial charge is 0.191 e.